The van der Waals surface area contributed by atoms with Crippen molar-refractivity contribution < 1.29 is 9.90 Å². The van der Waals surface area contributed by atoms with Gasteiger partial charge in [0, 0.05) is 15.6 Å². The molecule has 0 bridgehead atoms. The van der Waals surface area contributed by atoms with Gasteiger partial charge in [-0.15, -0.1) is 0 Å². The second-order valence-electron chi connectivity index (χ2n) is 4.59. The third-order valence-electron chi connectivity index (χ3n) is 3.17. The van der Waals surface area contributed by atoms with Gasteiger partial charge in [-0.05, 0) is 13.0 Å². The highest BCUT2D eigenvalue weighted by Gasteiger charge is 2.15. The Morgan fingerprint density at radius 3 is 2.85 bits per heavy atom. The Hall–Kier alpha value is -2.08. The van der Waals surface area contributed by atoms with Crippen molar-refractivity contribution in [2.75, 3.05) is 0 Å². The summed E-state index contributed by atoms with van der Waals surface area (Å²) in [7, 11) is 0. The molecule has 0 atom stereocenters. The Kier molecular flexibility index (Phi) is 3.10. The zero-order valence-electron chi connectivity index (χ0n) is 10.7. The molecule has 6 heteroatoms. The number of H-pyrrole nitrogens is 1. The van der Waals surface area contributed by atoms with E-state index in [0.717, 1.165) is 26.9 Å². The van der Waals surface area contributed by atoms with Crippen molar-refractivity contribution >= 4 is 27.5 Å². The maximum Gasteiger partial charge on any atom is 0.309 e. The van der Waals surface area contributed by atoms with Crippen molar-refractivity contribution in [3.8, 4) is 11.3 Å². The second-order valence-corrected chi connectivity index (χ2v) is 5.44. The highest BCUT2D eigenvalue weighted by atomic mass is 79.9. The van der Waals surface area contributed by atoms with Crippen LogP contribution in [0.2, 0.25) is 0 Å². The van der Waals surface area contributed by atoms with E-state index in [9.17, 15) is 4.79 Å². The van der Waals surface area contributed by atoms with Crippen LogP contribution in [0.5, 0.6) is 0 Å². The van der Waals surface area contributed by atoms with E-state index in [1.54, 1.807) is 10.7 Å². The number of halogens is 1. The van der Waals surface area contributed by atoms with Crippen LogP contribution in [-0.2, 0) is 11.2 Å². The van der Waals surface area contributed by atoms with Crippen molar-refractivity contribution in [1.82, 2.24) is 14.6 Å². The van der Waals surface area contributed by atoms with Crippen LogP contribution in [0.15, 0.2) is 34.9 Å². The highest BCUT2D eigenvalue weighted by molar-refractivity contribution is 9.10. The van der Waals surface area contributed by atoms with E-state index >= 15 is 0 Å². The molecular weight excluding hydrogens is 322 g/mol. The molecule has 0 aliphatic carbocycles. The summed E-state index contributed by atoms with van der Waals surface area (Å²) >= 11 is 3.53. The number of benzene rings is 1. The molecule has 0 saturated heterocycles. The first-order valence-corrected chi connectivity index (χ1v) is 6.89. The number of fused-ring (bicyclic) bond motifs is 1. The number of imidazole rings is 1. The number of aromatic amines is 1. The Labute approximate surface area is 123 Å². The topological polar surface area (TPSA) is 70.4 Å². The maximum atomic E-state index is 10.7. The fourth-order valence-corrected chi connectivity index (χ4v) is 2.74. The van der Waals surface area contributed by atoms with Crippen LogP contribution in [0.1, 0.15) is 11.3 Å². The average molecular weight is 334 g/mol. The second kappa shape index (κ2) is 4.79. The standard InChI is InChI=1S/C14H12BrN3O2/c1-8-13(10-4-2-3-5-11(10)15)17-18-7-9(6-12(19)20)16-14(8)18/h2-5,7,17H,6H2,1H3,(H,19,20). The number of aliphatic carboxylic acids is 1. The van der Waals surface area contributed by atoms with E-state index in [1.165, 1.54) is 0 Å². The van der Waals surface area contributed by atoms with Crippen LogP contribution in [0, 0.1) is 6.92 Å². The molecule has 0 spiro atoms. The molecule has 2 heterocycles. The normalized spacial score (nSPS) is 11.1. The number of hydrogen-bond acceptors (Lipinski definition) is 2. The smallest absolute Gasteiger partial charge is 0.309 e. The molecule has 3 rings (SSSR count). The van der Waals surface area contributed by atoms with Crippen molar-refractivity contribution in [3.05, 3.63) is 46.2 Å². The summed E-state index contributed by atoms with van der Waals surface area (Å²) in [6.45, 7) is 1.97. The molecule has 0 unspecified atom stereocenters. The SMILES string of the molecule is Cc1c(-c2ccccc2Br)[nH]n2cc(CC(=O)O)nc12. The number of hydrogen-bond donors (Lipinski definition) is 2. The van der Waals surface area contributed by atoms with Gasteiger partial charge in [0.05, 0.1) is 24.0 Å². The van der Waals surface area contributed by atoms with E-state index in [1.807, 2.05) is 31.2 Å². The lowest BCUT2D eigenvalue weighted by Crippen LogP contribution is -2.00. The predicted octanol–water partition coefficient (Wildman–Crippen LogP) is 3.03. The van der Waals surface area contributed by atoms with Crippen LogP contribution in [-0.4, -0.2) is 25.7 Å². The summed E-state index contributed by atoms with van der Waals surface area (Å²) < 4.78 is 2.76. The average Bonchev–Trinajstić information content (AvgIpc) is 2.89. The first-order chi connectivity index (χ1) is 9.56. The fourth-order valence-electron chi connectivity index (χ4n) is 2.26. The molecule has 0 radical (unpaired) electrons. The number of carbonyl (C=O) groups is 1. The molecule has 0 aliphatic heterocycles. The number of rotatable bonds is 3. The van der Waals surface area contributed by atoms with Gasteiger partial charge in [-0.2, -0.15) is 0 Å². The van der Waals surface area contributed by atoms with Gasteiger partial charge in [0.1, 0.15) is 0 Å². The minimum Gasteiger partial charge on any atom is -0.481 e. The van der Waals surface area contributed by atoms with E-state index in [-0.39, 0.29) is 6.42 Å². The molecule has 0 saturated carbocycles. The predicted molar refractivity (Wildman–Crippen MR) is 78.8 cm³/mol. The van der Waals surface area contributed by atoms with E-state index < -0.39 is 5.97 Å². The number of carboxylic acids is 1. The first kappa shape index (κ1) is 12.9. The Morgan fingerprint density at radius 1 is 1.45 bits per heavy atom. The van der Waals surface area contributed by atoms with Crippen LogP contribution in [0.4, 0.5) is 0 Å². The van der Waals surface area contributed by atoms with Gasteiger partial charge in [0.15, 0.2) is 5.65 Å². The minimum atomic E-state index is -0.880. The van der Waals surface area contributed by atoms with Crippen LogP contribution in [0.25, 0.3) is 16.9 Å². The summed E-state index contributed by atoms with van der Waals surface area (Å²) in [5.74, 6) is -0.880. The minimum absolute atomic E-state index is 0.0701. The molecule has 1 aromatic carbocycles. The Balaban J connectivity index is 2.11. The van der Waals surface area contributed by atoms with Crippen LogP contribution < -0.4 is 0 Å². The fraction of sp³-hybridized carbons (Fsp3) is 0.143. The molecular formula is C14H12BrN3O2. The maximum absolute atomic E-state index is 10.7. The molecule has 5 nitrogen and oxygen atoms in total. The van der Waals surface area contributed by atoms with Gasteiger partial charge >= 0.3 is 5.97 Å². The molecule has 102 valence electrons. The largest absolute Gasteiger partial charge is 0.481 e. The zero-order valence-corrected chi connectivity index (χ0v) is 12.3. The van der Waals surface area contributed by atoms with Gasteiger partial charge in [0.25, 0.3) is 0 Å². The molecule has 3 aromatic rings. The zero-order chi connectivity index (χ0) is 14.3. The molecule has 0 aliphatic rings. The van der Waals surface area contributed by atoms with Crippen LogP contribution in [0.3, 0.4) is 0 Å². The monoisotopic (exact) mass is 333 g/mol. The lowest BCUT2D eigenvalue weighted by atomic mass is 10.1. The van der Waals surface area contributed by atoms with Crippen LogP contribution >= 0.6 is 15.9 Å². The van der Waals surface area contributed by atoms with E-state index in [2.05, 4.69) is 26.0 Å². The summed E-state index contributed by atoms with van der Waals surface area (Å²) in [4.78, 5) is 15.1. The molecule has 0 fully saturated rings. The van der Waals surface area contributed by atoms with Crippen molar-refractivity contribution in [3.63, 3.8) is 0 Å². The number of carboxylic acid groups (broad SMARTS) is 1. The van der Waals surface area contributed by atoms with Gasteiger partial charge < -0.3 is 5.11 Å². The number of nitrogens with one attached hydrogen (secondary N) is 1. The number of aryl methyl sites for hydroxylation is 1. The quantitative estimate of drug-likeness (QED) is 0.773. The molecule has 20 heavy (non-hydrogen) atoms. The lowest BCUT2D eigenvalue weighted by molar-refractivity contribution is -0.136. The van der Waals surface area contributed by atoms with E-state index in [4.69, 9.17) is 5.11 Å². The van der Waals surface area contributed by atoms with Gasteiger partial charge in [0.2, 0.25) is 0 Å². The molecule has 2 aromatic heterocycles. The third kappa shape index (κ3) is 2.12. The van der Waals surface area contributed by atoms with Gasteiger partial charge in [-0.3, -0.25) is 9.89 Å². The Bertz CT molecular complexity index is 804. The van der Waals surface area contributed by atoms with Crippen molar-refractivity contribution in [2.24, 2.45) is 0 Å². The van der Waals surface area contributed by atoms with Crippen molar-refractivity contribution in [1.29, 1.82) is 0 Å². The molecule has 2 N–H and O–H groups in total. The van der Waals surface area contributed by atoms with E-state index in [0.29, 0.717) is 5.69 Å². The summed E-state index contributed by atoms with van der Waals surface area (Å²) in [6, 6.07) is 7.93. The van der Waals surface area contributed by atoms with Crippen molar-refractivity contribution in [2.45, 2.75) is 13.3 Å². The molecule has 0 amide bonds. The summed E-state index contributed by atoms with van der Waals surface area (Å²) in [5.41, 5.74) is 4.32. The van der Waals surface area contributed by atoms with Gasteiger partial charge in [-0.1, -0.05) is 34.1 Å². The summed E-state index contributed by atoms with van der Waals surface area (Å²) in [6.07, 6.45) is 1.65. The summed E-state index contributed by atoms with van der Waals surface area (Å²) in [5, 5.41) is 12.0. The van der Waals surface area contributed by atoms with Gasteiger partial charge in [-0.25, -0.2) is 9.50 Å². The highest BCUT2D eigenvalue weighted by Crippen LogP contribution is 2.30. The third-order valence-corrected chi connectivity index (χ3v) is 3.87. The number of aromatic nitrogens is 3. The number of nitrogens with zero attached hydrogens (tertiary/aromatic N) is 2. The lowest BCUT2D eigenvalue weighted by Gasteiger charge is -2.02. The Morgan fingerprint density at radius 2 is 2.20 bits per heavy atom. The first-order valence-electron chi connectivity index (χ1n) is 6.09.